The molecule has 2 aromatic carbocycles. The number of hydrogen-bond donors (Lipinski definition) is 2. The van der Waals surface area contributed by atoms with E-state index in [0.29, 0.717) is 6.54 Å². The second-order valence-corrected chi connectivity index (χ2v) is 8.05. The molecule has 1 atom stereocenters. The van der Waals surface area contributed by atoms with Crippen LogP contribution in [0.25, 0.3) is 22.4 Å². The van der Waals surface area contributed by atoms with E-state index in [-0.39, 0.29) is 11.9 Å². The van der Waals surface area contributed by atoms with E-state index in [1.54, 1.807) is 11.3 Å². The molecule has 2 N–H and O–H groups in total. The Balaban J connectivity index is 1.63. The fourth-order valence-electron chi connectivity index (χ4n) is 2.96. The lowest BCUT2D eigenvalue weighted by molar-refractivity contribution is -0.885. The molecule has 0 saturated heterocycles. The molecule has 27 heavy (non-hydrogen) atoms. The Kier molecular flexibility index (Phi) is 6.37. The van der Waals surface area contributed by atoms with Crippen LogP contribution in [0.5, 0.6) is 0 Å². The predicted octanol–water partition coefficient (Wildman–Crippen LogP) is 3.02. The zero-order chi connectivity index (χ0) is 19.2. The molecule has 1 amide bonds. The second-order valence-electron chi connectivity index (χ2n) is 7.10. The van der Waals surface area contributed by atoms with Crippen molar-refractivity contribution >= 4 is 17.2 Å². The summed E-state index contributed by atoms with van der Waals surface area (Å²) >= 11 is 1.65. The van der Waals surface area contributed by atoms with Crippen LogP contribution < -0.4 is 10.2 Å². The molecule has 0 radical (unpaired) electrons. The van der Waals surface area contributed by atoms with E-state index in [1.807, 2.05) is 27.0 Å². The van der Waals surface area contributed by atoms with Gasteiger partial charge in [-0.3, -0.25) is 4.79 Å². The van der Waals surface area contributed by atoms with Crippen LogP contribution in [0.3, 0.4) is 0 Å². The Bertz CT molecular complexity index is 872. The van der Waals surface area contributed by atoms with Crippen molar-refractivity contribution in [2.45, 2.75) is 26.4 Å². The van der Waals surface area contributed by atoms with E-state index in [9.17, 15) is 4.79 Å². The molecule has 5 heteroatoms. The third-order valence-electron chi connectivity index (χ3n) is 4.20. The van der Waals surface area contributed by atoms with E-state index < -0.39 is 0 Å². The SMILES string of the molecule is CC(C)NC(=O)C[NH+](C)Cc1nc(-c2ccc(-c3ccccc3)cc2)cs1. The van der Waals surface area contributed by atoms with Gasteiger partial charge in [0, 0.05) is 17.0 Å². The van der Waals surface area contributed by atoms with Crippen LogP contribution in [-0.2, 0) is 11.3 Å². The van der Waals surface area contributed by atoms with Crippen LogP contribution in [0.2, 0.25) is 0 Å². The molecular weight excluding hydrogens is 354 g/mol. The van der Waals surface area contributed by atoms with Crippen molar-refractivity contribution in [2.24, 2.45) is 0 Å². The molecule has 0 aliphatic heterocycles. The highest BCUT2D eigenvalue weighted by molar-refractivity contribution is 7.09. The van der Waals surface area contributed by atoms with E-state index >= 15 is 0 Å². The Hall–Kier alpha value is -2.50. The normalized spacial score (nSPS) is 12.1. The molecule has 1 aromatic heterocycles. The van der Waals surface area contributed by atoms with Crippen LogP contribution >= 0.6 is 11.3 Å². The Morgan fingerprint density at radius 3 is 2.33 bits per heavy atom. The van der Waals surface area contributed by atoms with Gasteiger partial charge in [-0.25, -0.2) is 4.98 Å². The van der Waals surface area contributed by atoms with E-state index in [2.05, 4.69) is 59.2 Å². The van der Waals surface area contributed by atoms with Gasteiger partial charge in [-0.2, -0.15) is 0 Å². The summed E-state index contributed by atoms with van der Waals surface area (Å²) in [6.07, 6.45) is 0. The summed E-state index contributed by atoms with van der Waals surface area (Å²) in [4.78, 5) is 17.8. The van der Waals surface area contributed by atoms with Crippen molar-refractivity contribution in [2.75, 3.05) is 13.6 Å². The van der Waals surface area contributed by atoms with Gasteiger partial charge in [-0.15, -0.1) is 11.3 Å². The molecule has 4 nitrogen and oxygen atoms in total. The van der Waals surface area contributed by atoms with Gasteiger partial charge in [0.1, 0.15) is 11.6 Å². The van der Waals surface area contributed by atoms with Gasteiger partial charge in [-0.05, 0) is 25.0 Å². The monoisotopic (exact) mass is 380 g/mol. The number of rotatable bonds is 7. The highest BCUT2D eigenvalue weighted by Crippen LogP contribution is 2.25. The molecule has 3 rings (SSSR count). The van der Waals surface area contributed by atoms with Crippen LogP contribution in [0.15, 0.2) is 60.0 Å². The highest BCUT2D eigenvalue weighted by atomic mass is 32.1. The molecule has 0 spiro atoms. The smallest absolute Gasteiger partial charge is 0.275 e. The quantitative estimate of drug-likeness (QED) is 0.662. The molecule has 1 unspecified atom stereocenters. The van der Waals surface area contributed by atoms with Gasteiger partial charge < -0.3 is 10.2 Å². The first kappa shape index (κ1) is 19.3. The Labute approximate surface area is 164 Å². The lowest BCUT2D eigenvalue weighted by Gasteiger charge is -2.13. The predicted molar refractivity (Wildman–Crippen MR) is 112 cm³/mol. The Morgan fingerprint density at radius 1 is 1.04 bits per heavy atom. The summed E-state index contributed by atoms with van der Waals surface area (Å²) in [5.74, 6) is 0.0794. The number of quaternary nitrogens is 1. The van der Waals surface area contributed by atoms with Crippen molar-refractivity contribution in [3.63, 3.8) is 0 Å². The maximum absolute atomic E-state index is 11.9. The first-order valence-electron chi connectivity index (χ1n) is 9.22. The topological polar surface area (TPSA) is 46.4 Å². The minimum Gasteiger partial charge on any atom is -0.349 e. The molecular formula is C22H26N3OS+. The summed E-state index contributed by atoms with van der Waals surface area (Å²) in [5, 5.41) is 6.07. The number of likely N-dealkylation sites (N-methyl/N-ethyl adjacent to an activating group) is 1. The number of thiazole rings is 1. The van der Waals surface area contributed by atoms with Crippen molar-refractivity contribution in [3.8, 4) is 22.4 Å². The van der Waals surface area contributed by atoms with Crippen LogP contribution in [-0.4, -0.2) is 30.5 Å². The van der Waals surface area contributed by atoms with E-state index in [1.165, 1.54) is 11.1 Å². The van der Waals surface area contributed by atoms with Crippen molar-refractivity contribution in [3.05, 3.63) is 65.0 Å². The lowest BCUT2D eigenvalue weighted by Crippen LogP contribution is -3.09. The lowest BCUT2D eigenvalue weighted by atomic mass is 10.0. The number of carbonyl (C=O) groups is 1. The number of aromatic nitrogens is 1. The van der Waals surface area contributed by atoms with Crippen molar-refractivity contribution in [1.29, 1.82) is 0 Å². The van der Waals surface area contributed by atoms with Gasteiger partial charge in [-0.1, -0.05) is 54.6 Å². The molecule has 0 bridgehead atoms. The minimum atomic E-state index is 0.0794. The molecule has 0 saturated carbocycles. The molecule has 0 aliphatic carbocycles. The third kappa shape index (κ3) is 5.49. The van der Waals surface area contributed by atoms with Gasteiger partial charge in [0.15, 0.2) is 6.54 Å². The zero-order valence-electron chi connectivity index (χ0n) is 16.0. The standard InChI is InChI=1S/C22H25N3OS/c1-16(2)23-21(26)13-25(3)14-22-24-20(15-27-22)19-11-9-18(10-12-19)17-7-5-4-6-8-17/h4-12,15-16H,13-14H2,1-3H3,(H,23,26)/p+1. The van der Waals surface area contributed by atoms with Crippen molar-refractivity contribution in [1.82, 2.24) is 10.3 Å². The number of benzene rings is 2. The van der Waals surface area contributed by atoms with Gasteiger partial charge in [0.05, 0.1) is 12.7 Å². The largest absolute Gasteiger partial charge is 0.349 e. The third-order valence-corrected chi connectivity index (χ3v) is 5.05. The average Bonchev–Trinajstić information content (AvgIpc) is 3.10. The fraction of sp³-hybridized carbons (Fsp3) is 0.273. The maximum Gasteiger partial charge on any atom is 0.275 e. The van der Waals surface area contributed by atoms with Crippen molar-refractivity contribution < 1.29 is 9.69 Å². The summed E-state index contributed by atoms with van der Waals surface area (Å²) < 4.78 is 0. The van der Waals surface area contributed by atoms with Gasteiger partial charge >= 0.3 is 0 Å². The van der Waals surface area contributed by atoms with Crippen LogP contribution in [0, 0.1) is 0 Å². The number of nitrogens with one attached hydrogen (secondary N) is 2. The van der Waals surface area contributed by atoms with E-state index in [0.717, 1.165) is 27.7 Å². The van der Waals surface area contributed by atoms with Gasteiger partial charge in [0.25, 0.3) is 5.91 Å². The van der Waals surface area contributed by atoms with Gasteiger partial charge in [0.2, 0.25) is 0 Å². The summed E-state index contributed by atoms with van der Waals surface area (Å²) in [7, 11) is 2.02. The number of nitrogens with zero attached hydrogens (tertiary/aromatic N) is 1. The number of amides is 1. The maximum atomic E-state index is 11.9. The molecule has 3 aromatic rings. The number of hydrogen-bond acceptors (Lipinski definition) is 3. The van der Waals surface area contributed by atoms with Crippen LogP contribution in [0.1, 0.15) is 18.9 Å². The summed E-state index contributed by atoms with van der Waals surface area (Å²) in [6.45, 7) is 5.16. The first-order valence-corrected chi connectivity index (χ1v) is 10.1. The molecule has 0 fully saturated rings. The van der Waals surface area contributed by atoms with E-state index in [4.69, 9.17) is 4.98 Å². The number of carbonyl (C=O) groups excluding carboxylic acids is 1. The summed E-state index contributed by atoms with van der Waals surface area (Å²) in [5.41, 5.74) is 4.53. The molecule has 140 valence electrons. The van der Waals surface area contributed by atoms with Crippen LogP contribution in [0.4, 0.5) is 0 Å². The average molecular weight is 381 g/mol. The minimum absolute atomic E-state index is 0.0794. The first-order chi connectivity index (χ1) is 13.0. The molecule has 0 aliphatic rings. The Morgan fingerprint density at radius 2 is 1.67 bits per heavy atom. The highest BCUT2D eigenvalue weighted by Gasteiger charge is 2.14. The second kappa shape index (κ2) is 8.93. The molecule has 1 heterocycles. The fourth-order valence-corrected chi connectivity index (χ4v) is 3.87. The summed E-state index contributed by atoms with van der Waals surface area (Å²) in [6, 6.07) is 19.0. The zero-order valence-corrected chi connectivity index (χ0v) is 16.8.